The maximum atomic E-state index is 13.4. The van der Waals surface area contributed by atoms with E-state index in [1.165, 1.54) is 20.9 Å². The summed E-state index contributed by atoms with van der Waals surface area (Å²) in [7, 11) is 1.22. The second kappa shape index (κ2) is 5.76. The van der Waals surface area contributed by atoms with Crippen molar-refractivity contribution in [2.75, 3.05) is 7.05 Å². The van der Waals surface area contributed by atoms with E-state index in [4.69, 9.17) is 5.11 Å². The molecule has 0 aliphatic carbocycles. The summed E-state index contributed by atoms with van der Waals surface area (Å²) < 4.78 is 13.2. The average molecular weight is 363 g/mol. The molecule has 21 heavy (non-hydrogen) atoms. The number of hydrogen-bond acceptors (Lipinski definition) is 4. The maximum Gasteiger partial charge on any atom is 0.329 e. The van der Waals surface area contributed by atoms with Gasteiger partial charge in [-0.05, 0) is 35.8 Å². The molecule has 1 aromatic rings. The van der Waals surface area contributed by atoms with Gasteiger partial charge in [-0.1, -0.05) is 0 Å². The third-order valence-corrected chi connectivity index (χ3v) is 3.95. The minimum Gasteiger partial charge on any atom is -0.480 e. The fourth-order valence-electron chi connectivity index (χ4n) is 1.44. The SMILES string of the molecule is CN(C(=O)c1cc(F)cc([N+](=O)[O-])c1Br)C(C)(C)C(=O)O. The fraction of sp³-hybridized carbons (Fsp3) is 0.333. The standard InChI is InChI=1S/C12H12BrFN2O5/c1-12(2,11(18)19)15(3)10(17)7-4-6(14)5-8(9(7)13)16(20)21/h4-5H,1-3H3,(H,18,19). The van der Waals surface area contributed by atoms with E-state index in [0.29, 0.717) is 6.07 Å². The van der Waals surface area contributed by atoms with E-state index in [-0.39, 0.29) is 10.0 Å². The van der Waals surface area contributed by atoms with Crippen molar-refractivity contribution < 1.29 is 24.0 Å². The molecule has 0 spiro atoms. The Morgan fingerprint density at radius 2 is 1.95 bits per heavy atom. The number of nitrogens with zero attached hydrogens (tertiary/aromatic N) is 2. The highest BCUT2D eigenvalue weighted by Gasteiger charge is 2.37. The first-order chi connectivity index (χ1) is 9.50. The molecule has 1 rings (SSSR count). The smallest absolute Gasteiger partial charge is 0.329 e. The summed E-state index contributed by atoms with van der Waals surface area (Å²) >= 11 is 2.89. The van der Waals surface area contributed by atoms with Crippen molar-refractivity contribution in [1.29, 1.82) is 0 Å². The number of amides is 1. The van der Waals surface area contributed by atoms with Gasteiger partial charge < -0.3 is 10.0 Å². The van der Waals surface area contributed by atoms with Gasteiger partial charge in [-0.15, -0.1) is 0 Å². The first-order valence-corrected chi connectivity index (χ1v) is 6.44. The lowest BCUT2D eigenvalue weighted by atomic mass is 10.0. The molecule has 0 saturated heterocycles. The van der Waals surface area contributed by atoms with E-state index in [9.17, 15) is 24.1 Å². The molecule has 0 aliphatic heterocycles. The van der Waals surface area contributed by atoms with Gasteiger partial charge in [-0.3, -0.25) is 14.9 Å². The van der Waals surface area contributed by atoms with E-state index in [0.717, 1.165) is 11.0 Å². The lowest BCUT2D eigenvalue weighted by molar-refractivity contribution is -0.385. The zero-order valence-corrected chi connectivity index (χ0v) is 13.0. The van der Waals surface area contributed by atoms with Crippen LogP contribution >= 0.6 is 15.9 Å². The second-order valence-electron chi connectivity index (χ2n) is 4.77. The Kier molecular flexibility index (Phi) is 4.67. The number of nitro benzene ring substituents is 1. The molecule has 1 N–H and O–H groups in total. The monoisotopic (exact) mass is 362 g/mol. The number of aliphatic carboxylic acids is 1. The normalized spacial score (nSPS) is 11.1. The summed E-state index contributed by atoms with van der Waals surface area (Å²) in [6.45, 7) is 2.57. The summed E-state index contributed by atoms with van der Waals surface area (Å²) in [5.74, 6) is -3.08. The zero-order valence-electron chi connectivity index (χ0n) is 11.4. The van der Waals surface area contributed by atoms with Crippen molar-refractivity contribution in [3.63, 3.8) is 0 Å². The van der Waals surface area contributed by atoms with Gasteiger partial charge in [-0.25, -0.2) is 9.18 Å². The van der Waals surface area contributed by atoms with Crippen LogP contribution in [0.25, 0.3) is 0 Å². The van der Waals surface area contributed by atoms with E-state index in [1.807, 2.05) is 0 Å². The molecule has 9 heteroatoms. The number of likely N-dealkylation sites (N-methyl/N-ethyl adjacent to an activating group) is 1. The Morgan fingerprint density at radius 1 is 1.43 bits per heavy atom. The number of nitro groups is 1. The van der Waals surface area contributed by atoms with Gasteiger partial charge in [-0.2, -0.15) is 0 Å². The van der Waals surface area contributed by atoms with Crippen molar-refractivity contribution in [3.8, 4) is 0 Å². The quantitative estimate of drug-likeness (QED) is 0.654. The molecular weight excluding hydrogens is 351 g/mol. The third-order valence-electron chi connectivity index (χ3n) is 3.11. The highest BCUT2D eigenvalue weighted by Crippen LogP contribution is 2.31. The van der Waals surface area contributed by atoms with Crippen molar-refractivity contribution in [2.24, 2.45) is 0 Å². The molecule has 0 radical (unpaired) electrons. The highest BCUT2D eigenvalue weighted by molar-refractivity contribution is 9.10. The number of halogens is 2. The van der Waals surface area contributed by atoms with Gasteiger partial charge in [0.25, 0.3) is 11.6 Å². The van der Waals surface area contributed by atoms with Crippen molar-refractivity contribution in [3.05, 3.63) is 38.1 Å². The fourth-order valence-corrected chi connectivity index (χ4v) is 1.98. The topological polar surface area (TPSA) is 101 Å². The second-order valence-corrected chi connectivity index (χ2v) is 5.56. The number of benzene rings is 1. The van der Waals surface area contributed by atoms with E-state index in [1.54, 1.807) is 0 Å². The molecule has 0 aromatic heterocycles. The molecule has 1 aromatic carbocycles. The van der Waals surface area contributed by atoms with Crippen LogP contribution in [0.4, 0.5) is 10.1 Å². The van der Waals surface area contributed by atoms with Gasteiger partial charge in [0.2, 0.25) is 0 Å². The first kappa shape index (κ1) is 17.0. The molecule has 7 nitrogen and oxygen atoms in total. The van der Waals surface area contributed by atoms with Gasteiger partial charge in [0.15, 0.2) is 0 Å². The Hall–Kier alpha value is -2.03. The molecule has 0 bridgehead atoms. The minimum absolute atomic E-state index is 0.202. The summed E-state index contributed by atoms with van der Waals surface area (Å²) in [5.41, 5.74) is -2.49. The number of rotatable bonds is 4. The average Bonchev–Trinajstić information content (AvgIpc) is 2.38. The molecule has 0 saturated carbocycles. The Labute approximate surface area is 127 Å². The van der Waals surface area contributed by atoms with Gasteiger partial charge in [0, 0.05) is 7.05 Å². The third kappa shape index (κ3) is 3.18. The molecule has 0 heterocycles. The summed E-state index contributed by atoms with van der Waals surface area (Å²) in [5, 5.41) is 19.9. The highest BCUT2D eigenvalue weighted by atomic mass is 79.9. The molecule has 0 aliphatic rings. The van der Waals surface area contributed by atoms with Gasteiger partial charge in [0.05, 0.1) is 16.6 Å². The van der Waals surface area contributed by atoms with Crippen LogP contribution in [0.1, 0.15) is 24.2 Å². The maximum absolute atomic E-state index is 13.4. The summed E-state index contributed by atoms with van der Waals surface area (Å²) in [6, 6.07) is 1.48. The Morgan fingerprint density at radius 3 is 2.38 bits per heavy atom. The largest absolute Gasteiger partial charge is 0.480 e. The zero-order chi connectivity index (χ0) is 16.5. The number of carboxylic acid groups (broad SMARTS) is 1. The lowest BCUT2D eigenvalue weighted by Crippen LogP contribution is -2.50. The lowest BCUT2D eigenvalue weighted by Gasteiger charge is -2.31. The van der Waals surface area contributed by atoms with Crippen LogP contribution in [0.15, 0.2) is 16.6 Å². The van der Waals surface area contributed by atoms with Crippen LogP contribution in [-0.2, 0) is 4.79 Å². The van der Waals surface area contributed by atoms with Crippen molar-refractivity contribution >= 4 is 33.5 Å². The Balaban J connectivity index is 3.38. The van der Waals surface area contributed by atoms with Gasteiger partial charge in [0.1, 0.15) is 15.8 Å². The van der Waals surface area contributed by atoms with Crippen LogP contribution in [0.2, 0.25) is 0 Å². The van der Waals surface area contributed by atoms with Gasteiger partial charge >= 0.3 is 5.97 Å². The molecule has 0 atom stereocenters. The number of carboxylic acids is 1. The van der Waals surface area contributed by atoms with E-state index in [2.05, 4.69) is 15.9 Å². The predicted molar refractivity (Wildman–Crippen MR) is 74.6 cm³/mol. The Bertz CT molecular complexity index is 632. The molecular formula is C12H12BrFN2O5. The van der Waals surface area contributed by atoms with Crippen LogP contribution in [0.5, 0.6) is 0 Å². The number of hydrogen-bond donors (Lipinski definition) is 1. The minimum atomic E-state index is -1.56. The van der Waals surface area contributed by atoms with E-state index < -0.39 is 33.8 Å². The molecule has 0 unspecified atom stereocenters. The van der Waals surface area contributed by atoms with Crippen LogP contribution < -0.4 is 0 Å². The van der Waals surface area contributed by atoms with Crippen LogP contribution in [0, 0.1) is 15.9 Å². The first-order valence-electron chi connectivity index (χ1n) is 5.65. The summed E-state index contributed by atoms with van der Waals surface area (Å²) in [4.78, 5) is 34.3. The predicted octanol–water partition coefficient (Wildman–Crippen LogP) is 2.43. The summed E-state index contributed by atoms with van der Waals surface area (Å²) in [6.07, 6.45) is 0. The van der Waals surface area contributed by atoms with E-state index >= 15 is 0 Å². The molecule has 1 amide bonds. The molecule has 114 valence electrons. The van der Waals surface area contributed by atoms with Crippen LogP contribution in [0.3, 0.4) is 0 Å². The van der Waals surface area contributed by atoms with Crippen LogP contribution in [-0.4, -0.2) is 39.4 Å². The number of carbonyl (C=O) groups is 2. The molecule has 0 fully saturated rings. The van der Waals surface area contributed by atoms with Crippen molar-refractivity contribution in [2.45, 2.75) is 19.4 Å². The number of carbonyl (C=O) groups excluding carboxylic acids is 1. The van der Waals surface area contributed by atoms with Crippen molar-refractivity contribution in [1.82, 2.24) is 4.90 Å².